The molecule has 0 saturated heterocycles. The molecule has 0 saturated carbocycles. The maximum atomic E-state index is 12.4. The summed E-state index contributed by atoms with van der Waals surface area (Å²) in [6.07, 6.45) is 0. The molecule has 0 aromatic heterocycles. The van der Waals surface area contributed by atoms with Crippen LogP contribution in [0, 0.1) is 0 Å². The van der Waals surface area contributed by atoms with Crippen molar-refractivity contribution in [3.05, 3.63) is 53.1 Å². The van der Waals surface area contributed by atoms with Crippen LogP contribution in [-0.2, 0) is 10.0 Å². The first-order valence-corrected chi connectivity index (χ1v) is 11.3. The molecule has 4 rings (SSSR count). The number of halogens is 1. The fraction of sp³-hybridized carbons (Fsp3) is 0.222. The van der Waals surface area contributed by atoms with E-state index in [4.69, 9.17) is 16.3 Å². The highest BCUT2D eigenvalue weighted by atomic mass is 35.5. The van der Waals surface area contributed by atoms with Crippen molar-refractivity contribution in [1.82, 2.24) is 5.32 Å². The third-order valence-corrected chi connectivity index (χ3v) is 6.76. The normalized spacial score (nSPS) is 16.8. The Balaban J connectivity index is 1.36. The minimum atomic E-state index is -3.40. The lowest BCUT2D eigenvalue weighted by molar-refractivity contribution is 0.0947. The molecule has 2 aromatic rings. The molecule has 2 aliphatic heterocycles. The number of sulfonamides is 1. The molecule has 0 bridgehead atoms. The van der Waals surface area contributed by atoms with E-state index in [0.29, 0.717) is 41.2 Å². The summed E-state index contributed by atoms with van der Waals surface area (Å²) in [6, 6.07) is 12.3. The smallest absolute Gasteiger partial charge is 0.257 e. The van der Waals surface area contributed by atoms with Crippen LogP contribution in [0.4, 0.5) is 5.69 Å². The van der Waals surface area contributed by atoms with Crippen LogP contribution in [0.25, 0.3) is 0 Å². The van der Waals surface area contributed by atoms with E-state index in [1.165, 1.54) is 11.8 Å². The van der Waals surface area contributed by atoms with E-state index in [0.717, 1.165) is 10.6 Å². The first-order chi connectivity index (χ1) is 13.4. The second-order valence-electron chi connectivity index (χ2n) is 6.15. The number of hydrogen-bond donors (Lipinski definition) is 1. The Morgan fingerprint density at radius 1 is 1.25 bits per heavy atom. The number of hydrogen-bond acceptors (Lipinski definition) is 6. The van der Waals surface area contributed by atoms with E-state index in [1.807, 2.05) is 11.0 Å². The van der Waals surface area contributed by atoms with Gasteiger partial charge >= 0.3 is 0 Å². The summed E-state index contributed by atoms with van der Waals surface area (Å²) in [6.45, 7) is 1.05. The lowest BCUT2D eigenvalue weighted by Crippen LogP contribution is -2.35. The predicted octanol–water partition coefficient (Wildman–Crippen LogP) is 2.76. The van der Waals surface area contributed by atoms with Gasteiger partial charge in [0.25, 0.3) is 15.9 Å². The highest BCUT2D eigenvalue weighted by Gasteiger charge is 2.33. The Hall–Kier alpha value is -2.23. The molecule has 0 aliphatic carbocycles. The van der Waals surface area contributed by atoms with Gasteiger partial charge < -0.3 is 15.0 Å². The van der Waals surface area contributed by atoms with Crippen LogP contribution in [0.5, 0.6) is 5.75 Å². The third-order valence-electron chi connectivity index (χ3n) is 4.20. The second-order valence-corrected chi connectivity index (χ2v) is 9.35. The molecule has 7 nitrogen and oxygen atoms in total. The molecule has 0 fully saturated rings. The quantitative estimate of drug-likeness (QED) is 0.723. The molecule has 0 radical (unpaired) electrons. The van der Waals surface area contributed by atoms with Crippen LogP contribution in [0.2, 0.25) is 5.02 Å². The maximum Gasteiger partial charge on any atom is 0.257 e. The van der Waals surface area contributed by atoms with Crippen LogP contribution in [-0.4, -0.2) is 44.9 Å². The van der Waals surface area contributed by atoms with Gasteiger partial charge in [-0.1, -0.05) is 11.6 Å². The number of thioether (sulfide) groups is 1. The molecule has 0 unspecified atom stereocenters. The Morgan fingerprint density at radius 2 is 2.04 bits per heavy atom. The van der Waals surface area contributed by atoms with Crippen LogP contribution < -0.4 is 15.0 Å². The minimum absolute atomic E-state index is 0.00758. The van der Waals surface area contributed by atoms with Crippen molar-refractivity contribution < 1.29 is 17.9 Å². The number of ether oxygens (including phenoxy) is 1. The van der Waals surface area contributed by atoms with Crippen molar-refractivity contribution in [2.24, 2.45) is 4.40 Å². The predicted molar refractivity (Wildman–Crippen MR) is 110 cm³/mol. The number of rotatable bonds is 5. The fourth-order valence-corrected chi connectivity index (χ4v) is 5.26. The van der Waals surface area contributed by atoms with Crippen molar-refractivity contribution in [2.75, 3.05) is 30.3 Å². The standard InChI is InChI=1S/C18H16ClN3O4S2/c19-13-2-4-14(5-3-13)26-9-7-20-17(23)12-1-6-15-16(11-12)27-18-21-28(24,25)10-8-22(15)18/h1-6,11H,7-10H2,(H,20,23). The maximum absolute atomic E-state index is 12.4. The topological polar surface area (TPSA) is 88.1 Å². The number of carbonyl (C=O) groups is 1. The molecule has 0 spiro atoms. The summed E-state index contributed by atoms with van der Waals surface area (Å²) in [5.41, 5.74) is 1.38. The fourth-order valence-electron chi connectivity index (χ4n) is 2.84. The zero-order valence-corrected chi connectivity index (χ0v) is 17.0. The number of anilines is 1. The Kier molecular flexibility index (Phi) is 5.22. The Morgan fingerprint density at radius 3 is 2.82 bits per heavy atom. The molecule has 2 aromatic carbocycles. The van der Waals surface area contributed by atoms with Gasteiger partial charge in [0.15, 0.2) is 5.17 Å². The van der Waals surface area contributed by atoms with E-state index < -0.39 is 10.0 Å². The molecule has 28 heavy (non-hydrogen) atoms. The molecule has 2 heterocycles. The highest BCUT2D eigenvalue weighted by molar-refractivity contribution is 8.15. The summed E-state index contributed by atoms with van der Waals surface area (Å²) in [5, 5.41) is 3.88. The molecule has 1 N–H and O–H groups in total. The molecule has 2 aliphatic rings. The SMILES string of the molecule is O=C(NCCOc1ccc(Cl)cc1)c1ccc2c(c1)SC1=NS(=O)(=O)CCN12. The monoisotopic (exact) mass is 437 g/mol. The summed E-state index contributed by atoms with van der Waals surface area (Å²) in [4.78, 5) is 15.1. The first kappa shape index (κ1) is 19.1. The van der Waals surface area contributed by atoms with Crippen LogP contribution >= 0.6 is 23.4 Å². The van der Waals surface area contributed by atoms with E-state index in [1.54, 1.807) is 36.4 Å². The van der Waals surface area contributed by atoms with E-state index >= 15 is 0 Å². The Bertz CT molecular complexity index is 1060. The first-order valence-electron chi connectivity index (χ1n) is 8.50. The summed E-state index contributed by atoms with van der Waals surface area (Å²) < 4.78 is 32.7. The van der Waals surface area contributed by atoms with Gasteiger partial charge in [-0.2, -0.15) is 0 Å². The van der Waals surface area contributed by atoms with E-state index in [9.17, 15) is 13.2 Å². The molecular weight excluding hydrogens is 422 g/mol. The van der Waals surface area contributed by atoms with Crippen molar-refractivity contribution in [1.29, 1.82) is 0 Å². The lowest BCUT2D eigenvalue weighted by Gasteiger charge is -2.22. The van der Waals surface area contributed by atoms with Gasteiger partial charge in [0, 0.05) is 22.0 Å². The van der Waals surface area contributed by atoms with Crippen molar-refractivity contribution >= 4 is 50.1 Å². The number of benzene rings is 2. The number of amidine groups is 1. The average Bonchev–Trinajstić information content (AvgIpc) is 3.01. The lowest BCUT2D eigenvalue weighted by atomic mass is 10.2. The van der Waals surface area contributed by atoms with Gasteiger partial charge in [-0.25, -0.2) is 8.42 Å². The van der Waals surface area contributed by atoms with Gasteiger partial charge in [-0.05, 0) is 54.2 Å². The largest absolute Gasteiger partial charge is 0.492 e. The number of fused-ring (bicyclic) bond motifs is 3. The zero-order valence-electron chi connectivity index (χ0n) is 14.6. The van der Waals surface area contributed by atoms with Crippen LogP contribution in [0.3, 0.4) is 0 Å². The van der Waals surface area contributed by atoms with Gasteiger partial charge in [0.05, 0.1) is 18.0 Å². The van der Waals surface area contributed by atoms with Gasteiger partial charge in [0.1, 0.15) is 12.4 Å². The van der Waals surface area contributed by atoms with Crippen molar-refractivity contribution in [3.63, 3.8) is 0 Å². The summed E-state index contributed by atoms with van der Waals surface area (Å²) in [7, 11) is -3.40. The second kappa shape index (κ2) is 7.65. The molecule has 1 amide bonds. The van der Waals surface area contributed by atoms with Crippen LogP contribution in [0.15, 0.2) is 51.8 Å². The molecular formula is C18H16ClN3O4S2. The molecule has 0 atom stereocenters. The number of amides is 1. The number of carbonyl (C=O) groups excluding carboxylic acids is 1. The van der Waals surface area contributed by atoms with Gasteiger partial charge in [0.2, 0.25) is 0 Å². The van der Waals surface area contributed by atoms with Crippen molar-refractivity contribution in [2.45, 2.75) is 4.90 Å². The summed E-state index contributed by atoms with van der Waals surface area (Å²) in [5.74, 6) is 0.453. The average molecular weight is 438 g/mol. The summed E-state index contributed by atoms with van der Waals surface area (Å²) >= 11 is 7.08. The molecule has 146 valence electrons. The zero-order chi connectivity index (χ0) is 19.7. The van der Waals surface area contributed by atoms with E-state index in [-0.39, 0.29) is 11.7 Å². The highest BCUT2D eigenvalue weighted by Crippen LogP contribution is 2.42. The molecule has 10 heteroatoms. The van der Waals surface area contributed by atoms with E-state index in [2.05, 4.69) is 9.71 Å². The van der Waals surface area contributed by atoms with Gasteiger partial charge in [-0.15, -0.1) is 4.40 Å². The van der Waals surface area contributed by atoms with Crippen molar-refractivity contribution in [3.8, 4) is 5.75 Å². The number of nitrogens with one attached hydrogen (secondary N) is 1. The van der Waals surface area contributed by atoms with Crippen LogP contribution in [0.1, 0.15) is 10.4 Å². The third kappa shape index (κ3) is 4.11. The number of nitrogens with zero attached hydrogens (tertiary/aromatic N) is 2. The van der Waals surface area contributed by atoms with Gasteiger partial charge in [-0.3, -0.25) is 4.79 Å². The Labute approximate surface area is 171 Å². The minimum Gasteiger partial charge on any atom is -0.492 e.